The molecule has 0 aromatic heterocycles. The first-order chi connectivity index (χ1) is 11.1. The molecule has 1 rings (SSSR count). The highest BCUT2D eigenvalue weighted by atomic mass is 19.4. The van der Waals surface area contributed by atoms with Gasteiger partial charge < -0.3 is 15.2 Å². The molecule has 1 aromatic carbocycles. The van der Waals surface area contributed by atoms with Gasteiger partial charge in [0.15, 0.2) is 6.61 Å². The number of hydrogen-bond donors (Lipinski definition) is 2. The predicted molar refractivity (Wildman–Crippen MR) is 80.6 cm³/mol. The lowest BCUT2D eigenvalue weighted by molar-refractivity contribution is -0.141. The van der Waals surface area contributed by atoms with Crippen LogP contribution in [-0.4, -0.2) is 29.1 Å². The molecule has 0 unspecified atom stereocenters. The lowest BCUT2D eigenvalue weighted by Gasteiger charge is -2.31. The summed E-state index contributed by atoms with van der Waals surface area (Å²) < 4.78 is 43.5. The summed E-state index contributed by atoms with van der Waals surface area (Å²) in [4.78, 5) is 22.9. The Balaban J connectivity index is 2.78. The zero-order chi connectivity index (χ0) is 18.4. The maximum Gasteiger partial charge on any atom is 0.419 e. The summed E-state index contributed by atoms with van der Waals surface area (Å²) in [5, 5.41) is 11.5. The van der Waals surface area contributed by atoms with Gasteiger partial charge in [0.1, 0.15) is 5.75 Å². The quantitative estimate of drug-likeness (QED) is 0.757. The van der Waals surface area contributed by atoms with E-state index in [-0.39, 0.29) is 6.42 Å². The molecule has 0 spiro atoms. The highest BCUT2D eigenvalue weighted by Gasteiger charge is 2.35. The first-order valence-electron chi connectivity index (χ1n) is 7.45. The molecular formula is C16H20F3NO4. The fourth-order valence-corrected chi connectivity index (χ4v) is 2.31. The Hall–Kier alpha value is -2.25. The maximum atomic E-state index is 12.9. The number of aliphatic carboxylic acids is 1. The topological polar surface area (TPSA) is 75.6 Å². The first-order valence-corrected chi connectivity index (χ1v) is 7.45. The summed E-state index contributed by atoms with van der Waals surface area (Å²) in [6, 6.07) is 4.58. The normalized spacial score (nSPS) is 11.9. The van der Waals surface area contributed by atoms with E-state index in [1.54, 1.807) is 13.8 Å². The van der Waals surface area contributed by atoms with Crippen molar-refractivity contribution >= 4 is 11.9 Å². The van der Waals surface area contributed by atoms with Crippen LogP contribution < -0.4 is 10.1 Å². The number of benzene rings is 1. The van der Waals surface area contributed by atoms with Gasteiger partial charge in [0.25, 0.3) is 5.91 Å². The predicted octanol–water partition coefficient (Wildman–Crippen LogP) is 3.23. The van der Waals surface area contributed by atoms with Crippen LogP contribution in [0.3, 0.4) is 0 Å². The fourth-order valence-electron chi connectivity index (χ4n) is 2.31. The number of para-hydroxylation sites is 1. The number of rotatable bonds is 8. The van der Waals surface area contributed by atoms with Gasteiger partial charge in [0.05, 0.1) is 17.5 Å². The minimum atomic E-state index is -4.59. The zero-order valence-corrected chi connectivity index (χ0v) is 13.4. The van der Waals surface area contributed by atoms with E-state index in [9.17, 15) is 22.8 Å². The monoisotopic (exact) mass is 347 g/mol. The van der Waals surface area contributed by atoms with Crippen molar-refractivity contribution in [2.75, 3.05) is 6.61 Å². The molecule has 0 aliphatic heterocycles. The van der Waals surface area contributed by atoms with Crippen LogP contribution in [0.25, 0.3) is 0 Å². The van der Waals surface area contributed by atoms with Crippen LogP contribution in [0, 0.1) is 0 Å². The number of carboxylic acid groups (broad SMARTS) is 1. The Morgan fingerprint density at radius 2 is 1.75 bits per heavy atom. The number of amides is 1. The molecule has 134 valence electrons. The maximum absolute atomic E-state index is 12.9. The van der Waals surface area contributed by atoms with E-state index in [0.29, 0.717) is 12.8 Å². The number of hydrogen-bond acceptors (Lipinski definition) is 3. The summed E-state index contributed by atoms with van der Waals surface area (Å²) in [5.41, 5.74) is -1.92. The number of carboxylic acids is 1. The van der Waals surface area contributed by atoms with E-state index in [2.05, 4.69) is 5.32 Å². The number of carbonyl (C=O) groups excluding carboxylic acids is 1. The second-order valence-electron chi connectivity index (χ2n) is 5.39. The van der Waals surface area contributed by atoms with Gasteiger partial charge in [-0.1, -0.05) is 26.0 Å². The molecule has 0 saturated carbocycles. The minimum Gasteiger partial charge on any atom is -0.483 e. The van der Waals surface area contributed by atoms with Gasteiger partial charge in [-0.3, -0.25) is 9.59 Å². The molecule has 0 atom stereocenters. The Bertz CT molecular complexity index is 583. The summed E-state index contributed by atoms with van der Waals surface area (Å²) in [5.74, 6) is -2.18. The number of carbonyl (C=O) groups is 2. The third kappa shape index (κ3) is 5.43. The number of nitrogens with one attached hydrogen (secondary N) is 1. The van der Waals surface area contributed by atoms with Crippen LogP contribution in [0.15, 0.2) is 24.3 Å². The molecule has 0 bridgehead atoms. The molecule has 1 aromatic rings. The van der Waals surface area contributed by atoms with Crippen LogP contribution in [0.1, 0.15) is 38.7 Å². The Kier molecular flexibility index (Phi) is 6.62. The van der Waals surface area contributed by atoms with Crippen LogP contribution in [0.5, 0.6) is 5.75 Å². The van der Waals surface area contributed by atoms with Crippen molar-refractivity contribution in [2.45, 2.75) is 44.8 Å². The van der Waals surface area contributed by atoms with Gasteiger partial charge in [0, 0.05) is 0 Å². The molecule has 0 radical (unpaired) electrons. The van der Waals surface area contributed by atoms with E-state index in [4.69, 9.17) is 9.84 Å². The molecule has 0 heterocycles. The summed E-state index contributed by atoms with van der Waals surface area (Å²) >= 11 is 0. The average molecular weight is 347 g/mol. The Morgan fingerprint density at radius 1 is 1.17 bits per heavy atom. The SMILES string of the molecule is CCC(CC)(CC(=O)O)NC(=O)COc1ccccc1C(F)(F)F. The molecule has 24 heavy (non-hydrogen) atoms. The average Bonchev–Trinajstić information content (AvgIpc) is 2.51. The number of ether oxygens (including phenoxy) is 1. The lowest BCUT2D eigenvalue weighted by Crippen LogP contribution is -2.50. The summed E-state index contributed by atoms with van der Waals surface area (Å²) in [6.45, 7) is 2.83. The van der Waals surface area contributed by atoms with Crippen molar-refractivity contribution in [1.29, 1.82) is 0 Å². The smallest absolute Gasteiger partial charge is 0.419 e. The molecule has 0 fully saturated rings. The highest BCUT2D eigenvalue weighted by Crippen LogP contribution is 2.35. The lowest BCUT2D eigenvalue weighted by atomic mass is 9.89. The largest absolute Gasteiger partial charge is 0.483 e. The van der Waals surface area contributed by atoms with E-state index < -0.39 is 41.5 Å². The van der Waals surface area contributed by atoms with Gasteiger partial charge in [0.2, 0.25) is 0 Å². The molecule has 0 saturated heterocycles. The van der Waals surface area contributed by atoms with Crippen LogP contribution in [0.4, 0.5) is 13.2 Å². The molecule has 2 N–H and O–H groups in total. The van der Waals surface area contributed by atoms with Crippen molar-refractivity contribution in [2.24, 2.45) is 0 Å². The van der Waals surface area contributed by atoms with E-state index in [0.717, 1.165) is 12.1 Å². The molecule has 0 aliphatic rings. The van der Waals surface area contributed by atoms with Crippen molar-refractivity contribution in [1.82, 2.24) is 5.32 Å². The molecular weight excluding hydrogens is 327 g/mol. The third-order valence-electron chi connectivity index (χ3n) is 3.80. The fraction of sp³-hybridized carbons (Fsp3) is 0.500. The Morgan fingerprint density at radius 3 is 2.25 bits per heavy atom. The third-order valence-corrected chi connectivity index (χ3v) is 3.80. The van der Waals surface area contributed by atoms with Crippen LogP contribution >= 0.6 is 0 Å². The van der Waals surface area contributed by atoms with Gasteiger partial charge in [-0.2, -0.15) is 13.2 Å². The van der Waals surface area contributed by atoms with Gasteiger partial charge >= 0.3 is 12.1 Å². The molecule has 0 aliphatic carbocycles. The number of alkyl halides is 3. The van der Waals surface area contributed by atoms with Gasteiger partial charge in [-0.15, -0.1) is 0 Å². The first kappa shape index (κ1) is 19.8. The van der Waals surface area contributed by atoms with Gasteiger partial charge in [-0.05, 0) is 25.0 Å². The second-order valence-corrected chi connectivity index (χ2v) is 5.39. The van der Waals surface area contributed by atoms with Crippen molar-refractivity contribution in [3.05, 3.63) is 29.8 Å². The van der Waals surface area contributed by atoms with E-state index in [1.165, 1.54) is 12.1 Å². The highest BCUT2D eigenvalue weighted by molar-refractivity contribution is 5.79. The summed E-state index contributed by atoms with van der Waals surface area (Å²) in [6.07, 6.45) is -4.11. The Labute approximate surface area is 137 Å². The molecule has 5 nitrogen and oxygen atoms in total. The molecule has 1 amide bonds. The standard InChI is InChI=1S/C16H20F3NO4/c1-3-15(4-2,9-14(22)23)20-13(21)10-24-12-8-6-5-7-11(12)16(17,18)19/h5-8H,3-4,9-10H2,1-2H3,(H,20,21)(H,22,23). The van der Waals surface area contributed by atoms with Crippen LogP contribution in [0.2, 0.25) is 0 Å². The minimum absolute atomic E-state index is 0.273. The van der Waals surface area contributed by atoms with E-state index >= 15 is 0 Å². The second kappa shape index (κ2) is 8.03. The van der Waals surface area contributed by atoms with Crippen molar-refractivity contribution < 1.29 is 32.6 Å². The summed E-state index contributed by atoms with van der Waals surface area (Å²) in [7, 11) is 0. The van der Waals surface area contributed by atoms with Crippen LogP contribution in [-0.2, 0) is 15.8 Å². The molecule has 8 heteroatoms. The zero-order valence-electron chi connectivity index (χ0n) is 13.4. The number of halogens is 3. The van der Waals surface area contributed by atoms with E-state index in [1.807, 2.05) is 0 Å². The van der Waals surface area contributed by atoms with Gasteiger partial charge in [-0.25, -0.2) is 0 Å². The van der Waals surface area contributed by atoms with Crippen molar-refractivity contribution in [3.63, 3.8) is 0 Å². The van der Waals surface area contributed by atoms with Crippen molar-refractivity contribution in [3.8, 4) is 5.75 Å².